The van der Waals surface area contributed by atoms with Crippen molar-refractivity contribution in [3.05, 3.63) is 48.3 Å². The second kappa shape index (κ2) is 10.3. The lowest BCUT2D eigenvalue weighted by Crippen LogP contribution is -2.38. The van der Waals surface area contributed by atoms with E-state index in [2.05, 4.69) is 15.9 Å². The summed E-state index contributed by atoms with van der Waals surface area (Å²) in [5.41, 5.74) is 1.62. The molecular formula is C27H32FN3O4. The number of anilines is 2. The molecule has 1 atom stereocenters. The molecule has 0 saturated carbocycles. The molecule has 3 heterocycles. The fraction of sp³-hybridized carbons (Fsp3) is 0.519. The highest BCUT2D eigenvalue weighted by atomic mass is 19.1. The van der Waals surface area contributed by atoms with Gasteiger partial charge in [-0.3, -0.25) is 0 Å². The van der Waals surface area contributed by atoms with Crippen LogP contribution in [-0.4, -0.2) is 57.4 Å². The first-order valence-corrected chi connectivity index (χ1v) is 12.4. The van der Waals surface area contributed by atoms with E-state index in [0.717, 1.165) is 37.4 Å². The maximum absolute atomic E-state index is 14.4. The van der Waals surface area contributed by atoms with Crippen molar-refractivity contribution < 1.29 is 23.3 Å². The summed E-state index contributed by atoms with van der Waals surface area (Å²) in [6, 6.07) is 15.3. The molecule has 3 aliphatic rings. The summed E-state index contributed by atoms with van der Waals surface area (Å²) in [6.07, 6.45) is 2.84. The van der Waals surface area contributed by atoms with Crippen LogP contribution in [0.2, 0.25) is 0 Å². The molecule has 0 radical (unpaired) electrons. The van der Waals surface area contributed by atoms with Crippen molar-refractivity contribution in [3.8, 4) is 17.6 Å². The summed E-state index contributed by atoms with van der Waals surface area (Å²) < 4.78 is 38.0. The van der Waals surface area contributed by atoms with Crippen LogP contribution in [-0.2, 0) is 9.47 Å². The standard InChI is InChI=1S/C27H32FN3O4/c1-2-32-24-7-8-25(28)26(17-24)30-13-10-23(11-14-30)35-22-5-3-20(4-6-22)31-19-27(33-15-16-34-27)18-21(31)9-12-29/h3-8,17,21,23H,2,9-11,13-16,18-19H2,1H3/t21-/m0/s1. The molecule has 0 unspecified atom stereocenters. The van der Waals surface area contributed by atoms with Gasteiger partial charge < -0.3 is 28.7 Å². The van der Waals surface area contributed by atoms with Crippen molar-refractivity contribution in [1.82, 2.24) is 0 Å². The number of piperidine rings is 1. The topological polar surface area (TPSA) is 67.2 Å². The van der Waals surface area contributed by atoms with Crippen LogP contribution >= 0.6 is 0 Å². The van der Waals surface area contributed by atoms with Crippen molar-refractivity contribution in [2.24, 2.45) is 0 Å². The quantitative estimate of drug-likeness (QED) is 0.577. The molecule has 3 saturated heterocycles. The van der Waals surface area contributed by atoms with Crippen molar-refractivity contribution in [2.45, 2.75) is 50.5 Å². The molecule has 1 spiro atoms. The fourth-order valence-corrected chi connectivity index (χ4v) is 5.33. The van der Waals surface area contributed by atoms with E-state index in [-0.39, 0.29) is 18.0 Å². The van der Waals surface area contributed by atoms with Gasteiger partial charge in [-0.15, -0.1) is 0 Å². The monoisotopic (exact) mass is 481 g/mol. The van der Waals surface area contributed by atoms with E-state index < -0.39 is 5.79 Å². The summed E-state index contributed by atoms with van der Waals surface area (Å²) in [4.78, 5) is 4.27. The molecule has 0 amide bonds. The molecule has 0 bridgehead atoms. The van der Waals surface area contributed by atoms with Gasteiger partial charge in [-0.2, -0.15) is 5.26 Å². The van der Waals surface area contributed by atoms with E-state index in [0.29, 0.717) is 50.6 Å². The van der Waals surface area contributed by atoms with E-state index >= 15 is 0 Å². The first-order chi connectivity index (χ1) is 17.1. The summed E-state index contributed by atoms with van der Waals surface area (Å²) in [5.74, 6) is 0.687. The minimum Gasteiger partial charge on any atom is -0.494 e. The van der Waals surface area contributed by atoms with Gasteiger partial charge in [0.15, 0.2) is 5.79 Å². The van der Waals surface area contributed by atoms with Crippen LogP contribution in [0.15, 0.2) is 42.5 Å². The Kier molecular flexibility index (Phi) is 6.98. The van der Waals surface area contributed by atoms with Crippen LogP contribution in [0.3, 0.4) is 0 Å². The minimum atomic E-state index is -0.591. The van der Waals surface area contributed by atoms with E-state index in [9.17, 15) is 9.65 Å². The summed E-state index contributed by atoms with van der Waals surface area (Å²) in [6.45, 7) is 5.75. The maximum atomic E-state index is 14.4. The highest BCUT2D eigenvalue weighted by Gasteiger charge is 2.48. The van der Waals surface area contributed by atoms with E-state index in [1.54, 1.807) is 12.1 Å². The highest BCUT2D eigenvalue weighted by Crippen LogP contribution is 2.39. The molecule has 8 heteroatoms. The van der Waals surface area contributed by atoms with Gasteiger partial charge in [-0.25, -0.2) is 4.39 Å². The third-order valence-corrected chi connectivity index (χ3v) is 7.02. The fourth-order valence-electron chi connectivity index (χ4n) is 5.33. The van der Waals surface area contributed by atoms with Crippen LogP contribution in [0.4, 0.5) is 15.8 Å². The number of halogens is 1. The average Bonchev–Trinajstić information content (AvgIpc) is 3.48. The first-order valence-electron chi connectivity index (χ1n) is 12.4. The van der Waals surface area contributed by atoms with Gasteiger partial charge in [0, 0.05) is 50.1 Å². The Morgan fingerprint density at radius 2 is 1.80 bits per heavy atom. The van der Waals surface area contributed by atoms with E-state index in [1.165, 1.54) is 6.07 Å². The molecule has 0 aliphatic carbocycles. The zero-order valence-electron chi connectivity index (χ0n) is 20.1. The van der Waals surface area contributed by atoms with Crippen molar-refractivity contribution in [1.29, 1.82) is 5.26 Å². The average molecular weight is 482 g/mol. The molecule has 2 aromatic carbocycles. The Morgan fingerprint density at radius 1 is 1.09 bits per heavy atom. The number of hydrogen-bond donors (Lipinski definition) is 0. The van der Waals surface area contributed by atoms with Crippen molar-refractivity contribution in [3.63, 3.8) is 0 Å². The lowest BCUT2D eigenvalue weighted by atomic mass is 10.1. The number of rotatable bonds is 7. The summed E-state index contributed by atoms with van der Waals surface area (Å²) >= 11 is 0. The van der Waals surface area contributed by atoms with Gasteiger partial charge in [0.05, 0.1) is 44.5 Å². The molecule has 0 N–H and O–H groups in total. The number of nitriles is 1. The number of nitrogens with zero attached hydrogens (tertiary/aromatic N) is 3. The molecule has 0 aromatic heterocycles. The van der Waals surface area contributed by atoms with Gasteiger partial charge in [0.2, 0.25) is 0 Å². The number of benzene rings is 2. The summed E-state index contributed by atoms with van der Waals surface area (Å²) in [5, 5.41) is 9.28. The third-order valence-electron chi connectivity index (χ3n) is 7.02. The van der Waals surface area contributed by atoms with Crippen LogP contribution < -0.4 is 19.3 Å². The molecular weight excluding hydrogens is 449 g/mol. The minimum absolute atomic E-state index is 0.0656. The molecule has 186 valence electrons. The Bertz CT molecular complexity index is 1040. The lowest BCUT2D eigenvalue weighted by molar-refractivity contribution is -0.139. The molecule has 5 rings (SSSR count). The first kappa shape index (κ1) is 23.7. The zero-order valence-corrected chi connectivity index (χ0v) is 20.1. The van der Waals surface area contributed by atoms with Gasteiger partial charge in [-0.1, -0.05) is 0 Å². The molecule has 35 heavy (non-hydrogen) atoms. The predicted octanol–water partition coefficient (Wildman–Crippen LogP) is 4.51. The molecule has 2 aromatic rings. The van der Waals surface area contributed by atoms with Crippen molar-refractivity contribution in [2.75, 3.05) is 49.3 Å². The SMILES string of the molecule is CCOc1ccc(F)c(N2CCC(Oc3ccc(N4CC5(C[C@@H]4CC#N)OCCO5)cc3)CC2)c1. The Labute approximate surface area is 205 Å². The third kappa shape index (κ3) is 5.16. The molecule has 3 fully saturated rings. The zero-order chi connectivity index (χ0) is 24.3. The van der Waals surface area contributed by atoms with Crippen LogP contribution in [0.5, 0.6) is 11.5 Å². The van der Waals surface area contributed by atoms with Gasteiger partial charge in [-0.05, 0) is 43.3 Å². The van der Waals surface area contributed by atoms with Gasteiger partial charge in [0.1, 0.15) is 23.4 Å². The second-order valence-corrected chi connectivity index (χ2v) is 9.30. The largest absolute Gasteiger partial charge is 0.494 e. The number of hydrogen-bond acceptors (Lipinski definition) is 7. The normalized spacial score (nSPS) is 21.9. The van der Waals surface area contributed by atoms with Crippen molar-refractivity contribution >= 4 is 11.4 Å². The molecule has 7 nitrogen and oxygen atoms in total. The maximum Gasteiger partial charge on any atom is 0.188 e. The Hall–Kier alpha value is -3.02. The van der Waals surface area contributed by atoms with Crippen LogP contribution in [0.25, 0.3) is 0 Å². The van der Waals surface area contributed by atoms with Gasteiger partial charge in [0.25, 0.3) is 0 Å². The van der Waals surface area contributed by atoms with E-state index in [1.807, 2.05) is 31.2 Å². The lowest BCUT2D eigenvalue weighted by Gasteiger charge is -2.34. The van der Waals surface area contributed by atoms with Gasteiger partial charge >= 0.3 is 0 Å². The molecule has 3 aliphatic heterocycles. The van der Waals surface area contributed by atoms with Crippen LogP contribution in [0, 0.1) is 17.1 Å². The summed E-state index contributed by atoms with van der Waals surface area (Å²) in [7, 11) is 0. The smallest absolute Gasteiger partial charge is 0.188 e. The highest BCUT2D eigenvalue weighted by molar-refractivity contribution is 5.53. The predicted molar refractivity (Wildman–Crippen MR) is 130 cm³/mol. The van der Waals surface area contributed by atoms with E-state index in [4.69, 9.17) is 18.9 Å². The van der Waals surface area contributed by atoms with Crippen LogP contribution in [0.1, 0.15) is 32.6 Å². The number of ether oxygens (including phenoxy) is 4. The second-order valence-electron chi connectivity index (χ2n) is 9.30. The Balaban J connectivity index is 1.18. The Morgan fingerprint density at radius 3 is 2.49 bits per heavy atom.